The Balaban J connectivity index is 1.56. The molecule has 1 saturated heterocycles. The molecule has 0 aromatic heterocycles. The second kappa shape index (κ2) is 8.66. The maximum Gasteiger partial charge on any atom is 0.311 e. The highest BCUT2D eigenvalue weighted by Crippen LogP contribution is 2.29. The van der Waals surface area contributed by atoms with E-state index in [-0.39, 0.29) is 18.9 Å². The van der Waals surface area contributed by atoms with Gasteiger partial charge in [-0.1, -0.05) is 35.4 Å². The fraction of sp³-hybridized carbons (Fsp3) is 0.318. The number of halogens is 1. The van der Waals surface area contributed by atoms with Gasteiger partial charge in [0.1, 0.15) is 0 Å². The van der Waals surface area contributed by atoms with Crippen molar-refractivity contribution in [3.63, 3.8) is 0 Å². The average molecular weight is 415 g/mol. The van der Waals surface area contributed by atoms with E-state index in [4.69, 9.17) is 16.3 Å². The zero-order valence-corrected chi connectivity index (χ0v) is 17.4. The number of carbonyl (C=O) groups is 3. The van der Waals surface area contributed by atoms with Crippen molar-refractivity contribution >= 4 is 40.8 Å². The van der Waals surface area contributed by atoms with Gasteiger partial charge in [-0.15, -0.1) is 0 Å². The molecular formula is C22H23ClN2O4. The fourth-order valence-electron chi connectivity index (χ4n) is 3.38. The van der Waals surface area contributed by atoms with Crippen molar-refractivity contribution in [3.8, 4) is 0 Å². The van der Waals surface area contributed by atoms with E-state index in [1.165, 1.54) is 0 Å². The summed E-state index contributed by atoms with van der Waals surface area (Å²) < 4.78 is 5.15. The zero-order valence-electron chi connectivity index (χ0n) is 16.6. The first kappa shape index (κ1) is 20.9. The standard InChI is InChI=1S/C22H23ClN2O4/c1-13-4-7-19(15(3)8-13)25-11-16(9-21(25)27)22(28)29-12-20(26)24-18-10-17(23)6-5-14(18)2/h4-8,10,16H,9,11-12H2,1-3H3,(H,24,26)/t16-/m1/s1. The number of rotatable bonds is 5. The molecule has 1 heterocycles. The van der Waals surface area contributed by atoms with Crippen LogP contribution >= 0.6 is 11.6 Å². The molecule has 0 aliphatic carbocycles. The van der Waals surface area contributed by atoms with E-state index in [9.17, 15) is 14.4 Å². The summed E-state index contributed by atoms with van der Waals surface area (Å²) in [6.45, 7) is 5.58. The van der Waals surface area contributed by atoms with Crippen LogP contribution in [0.5, 0.6) is 0 Å². The van der Waals surface area contributed by atoms with Gasteiger partial charge in [-0.2, -0.15) is 0 Å². The molecule has 1 fully saturated rings. The van der Waals surface area contributed by atoms with Gasteiger partial charge >= 0.3 is 5.97 Å². The van der Waals surface area contributed by atoms with E-state index in [2.05, 4.69) is 5.32 Å². The van der Waals surface area contributed by atoms with Gasteiger partial charge in [-0.05, 0) is 50.1 Å². The number of hydrogen-bond donors (Lipinski definition) is 1. The number of nitrogens with one attached hydrogen (secondary N) is 1. The summed E-state index contributed by atoms with van der Waals surface area (Å²) in [7, 11) is 0. The van der Waals surface area contributed by atoms with E-state index < -0.39 is 24.4 Å². The number of esters is 1. The molecule has 0 bridgehead atoms. The zero-order chi connectivity index (χ0) is 21.1. The number of carbonyl (C=O) groups excluding carboxylic acids is 3. The summed E-state index contributed by atoms with van der Waals surface area (Å²) in [5.41, 5.74) is 4.29. The highest BCUT2D eigenvalue weighted by Gasteiger charge is 2.36. The Morgan fingerprint density at radius 3 is 2.62 bits per heavy atom. The van der Waals surface area contributed by atoms with Gasteiger partial charge in [0.15, 0.2) is 6.61 Å². The van der Waals surface area contributed by atoms with Crippen LogP contribution in [0.2, 0.25) is 5.02 Å². The molecule has 2 aromatic carbocycles. The average Bonchev–Trinajstić information content (AvgIpc) is 3.04. The Hall–Kier alpha value is -2.86. The molecule has 0 spiro atoms. The molecule has 1 N–H and O–H groups in total. The maximum absolute atomic E-state index is 12.4. The third-order valence-electron chi connectivity index (χ3n) is 4.92. The van der Waals surface area contributed by atoms with Gasteiger partial charge in [0.2, 0.25) is 5.91 Å². The highest BCUT2D eigenvalue weighted by molar-refractivity contribution is 6.31. The minimum Gasteiger partial charge on any atom is -0.455 e. The second-order valence-corrected chi connectivity index (χ2v) is 7.75. The van der Waals surface area contributed by atoms with Gasteiger partial charge < -0.3 is 15.0 Å². The summed E-state index contributed by atoms with van der Waals surface area (Å²) >= 11 is 5.94. The molecule has 1 atom stereocenters. The maximum atomic E-state index is 12.4. The molecule has 152 valence electrons. The fourth-order valence-corrected chi connectivity index (χ4v) is 3.55. The van der Waals surface area contributed by atoms with Crippen molar-refractivity contribution < 1.29 is 19.1 Å². The smallest absolute Gasteiger partial charge is 0.311 e. The van der Waals surface area contributed by atoms with Crippen molar-refractivity contribution in [3.05, 3.63) is 58.1 Å². The lowest BCUT2D eigenvalue weighted by atomic mass is 10.1. The monoisotopic (exact) mass is 414 g/mol. The molecule has 1 aliphatic heterocycles. The van der Waals surface area contributed by atoms with Crippen LogP contribution in [0.3, 0.4) is 0 Å². The van der Waals surface area contributed by atoms with Crippen LogP contribution in [0, 0.1) is 26.7 Å². The van der Waals surface area contributed by atoms with Gasteiger partial charge in [0.25, 0.3) is 5.91 Å². The molecular weight excluding hydrogens is 392 g/mol. The lowest BCUT2D eigenvalue weighted by Crippen LogP contribution is -2.28. The van der Waals surface area contributed by atoms with Crippen molar-refractivity contribution in [1.82, 2.24) is 0 Å². The molecule has 2 aromatic rings. The van der Waals surface area contributed by atoms with E-state index in [1.54, 1.807) is 23.1 Å². The van der Waals surface area contributed by atoms with Crippen molar-refractivity contribution in [2.45, 2.75) is 27.2 Å². The van der Waals surface area contributed by atoms with E-state index in [0.717, 1.165) is 22.4 Å². The number of aryl methyl sites for hydroxylation is 3. The SMILES string of the molecule is Cc1ccc(N2C[C@H](C(=O)OCC(=O)Nc3cc(Cl)ccc3C)CC2=O)c(C)c1. The third-order valence-corrected chi connectivity index (χ3v) is 5.16. The Labute approximate surface area is 174 Å². The molecule has 1 aliphatic rings. The van der Waals surface area contributed by atoms with E-state index in [1.807, 2.05) is 39.0 Å². The third kappa shape index (κ3) is 4.95. The van der Waals surface area contributed by atoms with Gasteiger partial charge in [0.05, 0.1) is 5.92 Å². The van der Waals surface area contributed by atoms with Crippen LogP contribution in [0.15, 0.2) is 36.4 Å². The van der Waals surface area contributed by atoms with Gasteiger partial charge in [-0.3, -0.25) is 14.4 Å². The molecule has 0 unspecified atom stereocenters. The van der Waals surface area contributed by atoms with Crippen LogP contribution in [0.1, 0.15) is 23.1 Å². The second-order valence-electron chi connectivity index (χ2n) is 7.31. The summed E-state index contributed by atoms with van der Waals surface area (Å²) in [5.74, 6) is -1.73. The number of benzene rings is 2. The van der Waals surface area contributed by atoms with Gasteiger partial charge in [-0.25, -0.2) is 0 Å². The first-order valence-electron chi connectivity index (χ1n) is 9.35. The molecule has 7 heteroatoms. The number of nitrogens with zero attached hydrogens (tertiary/aromatic N) is 1. The number of anilines is 2. The Morgan fingerprint density at radius 1 is 1.14 bits per heavy atom. The Kier molecular flexibility index (Phi) is 6.23. The summed E-state index contributed by atoms with van der Waals surface area (Å²) in [6, 6.07) is 11.0. The molecule has 0 saturated carbocycles. The molecule has 29 heavy (non-hydrogen) atoms. The molecule has 3 rings (SSSR count). The van der Waals surface area contributed by atoms with Crippen LogP contribution in [-0.4, -0.2) is 30.9 Å². The molecule has 6 nitrogen and oxygen atoms in total. The first-order valence-corrected chi connectivity index (χ1v) is 9.72. The lowest BCUT2D eigenvalue weighted by molar-refractivity contribution is -0.151. The molecule has 2 amide bonds. The van der Waals surface area contributed by atoms with Crippen LogP contribution in [0.25, 0.3) is 0 Å². The van der Waals surface area contributed by atoms with Gasteiger partial charge in [0, 0.05) is 29.4 Å². The predicted octanol–water partition coefficient (Wildman–Crippen LogP) is 3.80. The number of hydrogen-bond acceptors (Lipinski definition) is 4. The van der Waals surface area contributed by atoms with Crippen LogP contribution < -0.4 is 10.2 Å². The van der Waals surface area contributed by atoms with Crippen LogP contribution in [0.4, 0.5) is 11.4 Å². The minimum absolute atomic E-state index is 0.0706. The number of amides is 2. The minimum atomic E-state index is -0.594. The lowest BCUT2D eigenvalue weighted by Gasteiger charge is -2.19. The summed E-state index contributed by atoms with van der Waals surface area (Å²) in [4.78, 5) is 38.5. The molecule has 0 radical (unpaired) electrons. The van der Waals surface area contributed by atoms with Crippen molar-refractivity contribution in [1.29, 1.82) is 0 Å². The van der Waals surface area contributed by atoms with E-state index in [0.29, 0.717) is 10.7 Å². The van der Waals surface area contributed by atoms with Crippen LogP contribution in [-0.2, 0) is 19.1 Å². The Bertz CT molecular complexity index is 973. The van der Waals surface area contributed by atoms with Crippen molar-refractivity contribution in [2.75, 3.05) is 23.4 Å². The quantitative estimate of drug-likeness (QED) is 0.755. The summed E-state index contributed by atoms with van der Waals surface area (Å²) in [6.07, 6.45) is 0.0706. The first-order chi connectivity index (χ1) is 13.7. The normalized spacial score (nSPS) is 16.1. The largest absolute Gasteiger partial charge is 0.455 e. The summed E-state index contributed by atoms with van der Waals surface area (Å²) in [5, 5.41) is 3.17. The Morgan fingerprint density at radius 2 is 1.90 bits per heavy atom. The van der Waals surface area contributed by atoms with E-state index >= 15 is 0 Å². The predicted molar refractivity (Wildman–Crippen MR) is 112 cm³/mol. The highest BCUT2D eigenvalue weighted by atomic mass is 35.5. The number of ether oxygens (including phenoxy) is 1. The topological polar surface area (TPSA) is 75.7 Å². The van der Waals surface area contributed by atoms with Crippen molar-refractivity contribution in [2.24, 2.45) is 5.92 Å².